The van der Waals surface area contributed by atoms with Gasteiger partial charge in [-0.1, -0.05) is 11.6 Å². The summed E-state index contributed by atoms with van der Waals surface area (Å²) in [5, 5.41) is 2.72. The van der Waals surface area contributed by atoms with Gasteiger partial charge in [-0.15, -0.1) is 0 Å². The molecule has 0 saturated carbocycles. The summed E-state index contributed by atoms with van der Waals surface area (Å²) in [5.41, 5.74) is 10.3. The Bertz CT molecular complexity index is 1170. The van der Waals surface area contributed by atoms with Crippen molar-refractivity contribution in [3.8, 4) is 0 Å². The van der Waals surface area contributed by atoms with Crippen molar-refractivity contribution in [2.24, 2.45) is 11.7 Å². The maximum atomic E-state index is 14.6. The standard InChI is InChI=1S/C22H24ClF4N7O2/c23-12-6-11(22(25,26)27)7-13(8-12)32-15-2-1-4-34(21(15)36)16-9-33(5-3-14(16)19(29)35)20-17(24)18(28)30-10-31-20/h6-8,10,14-16,32H,1-5,9H2,(H2,29,35)(H2,28,30,31)/t14-,15+,16-/m1/s1. The Morgan fingerprint density at radius 1 is 1.17 bits per heavy atom. The number of alkyl halides is 3. The molecule has 9 nitrogen and oxygen atoms in total. The van der Waals surface area contributed by atoms with Crippen molar-refractivity contribution in [2.45, 2.75) is 37.5 Å². The van der Waals surface area contributed by atoms with Crippen LogP contribution in [0.2, 0.25) is 5.02 Å². The first-order chi connectivity index (χ1) is 17.0. The van der Waals surface area contributed by atoms with Gasteiger partial charge in [0.15, 0.2) is 11.6 Å². The quantitative estimate of drug-likeness (QED) is 0.508. The van der Waals surface area contributed by atoms with E-state index in [1.807, 2.05) is 0 Å². The van der Waals surface area contributed by atoms with Gasteiger partial charge in [0.05, 0.1) is 17.5 Å². The van der Waals surface area contributed by atoms with Gasteiger partial charge in [0.2, 0.25) is 17.6 Å². The van der Waals surface area contributed by atoms with Gasteiger partial charge in [0.1, 0.15) is 12.4 Å². The van der Waals surface area contributed by atoms with E-state index in [1.165, 1.54) is 11.0 Å². The van der Waals surface area contributed by atoms with E-state index in [-0.39, 0.29) is 41.9 Å². The van der Waals surface area contributed by atoms with Crippen LogP contribution in [0.3, 0.4) is 0 Å². The van der Waals surface area contributed by atoms with Crippen molar-refractivity contribution in [3.63, 3.8) is 0 Å². The Morgan fingerprint density at radius 2 is 1.92 bits per heavy atom. The molecule has 36 heavy (non-hydrogen) atoms. The van der Waals surface area contributed by atoms with Crippen molar-refractivity contribution in [2.75, 3.05) is 35.6 Å². The SMILES string of the molecule is NC(=O)[C@@H]1CCN(c2ncnc(N)c2F)C[C@H]1N1CCC[C@H](Nc2cc(Cl)cc(C(F)(F)F)c2)C1=O. The molecule has 1 aromatic carbocycles. The number of nitrogens with zero attached hydrogens (tertiary/aromatic N) is 4. The summed E-state index contributed by atoms with van der Waals surface area (Å²) in [6, 6.07) is 1.44. The number of carbonyl (C=O) groups is 2. The second kappa shape index (κ2) is 9.96. The predicted octanol–water partition coefficient (Wildman–Crippen LogP) is 2.65. The number of piperidine rings is 2. The number of hydrogen-bond acceptors (Lipinski definition) is 7. The van der Waals surface area contributed by atoms with Crippen LogP contribution in [0.5, 0.6) is 0 Å². The molecule has 14 heteroatoms. The first-order valence-corrected chi connectivity index (χ1v) is 11.6. The van der Waals surface area contributed by atoms with Crippen LogP contribution in [-0.4, -0.2) is 58.4 Å². The fourth-order valence-corrected chi connectivity index (χ4v) is 5.00. The lowest BCUT2D eigenvalue weighted by Crippen LogP contribution is -2.61. The van der Waals surface area contributed by atoms with Gasteiger partial charge in [0, 0.05) is 30.3 Å². The van der Waals surface area contributed by atoms with Crippen LogP contribution in [0.1, 0.15) is 24.8 Å². The highest BCUT2D eigenvalue weighted by Gasteiger charge is 2.43. The zero-order chi connectivity index (χ0) is 26.2. The molecule has 0 spiro atoms. The number of nitrogen functional groups attached to an aromatic ring is 1. The van der Waals surface area contributed by atoms with Crippen LogP contribution < -0.4 is 21.7 Å². The van der Waals surface area contributed by atoms with E-state index in [0.29, 0.717) is 19.4 Å². The van der Waals surface area contributed by atoms with Crippen LogP contribution in [0.25, 0.3) is 0 Å². The molecule has 2 amide bonds. The average molecular weight is 530 g/mol. The number of likely N-dealkylation sites (tertiary alicyclic amines) is 1. The van der Waals surface area contributed by atoms with Gasteiger partial charge in [-0.25, -0.2) is 9.97 Å². The molecule has 2 fully saturated rings. The highest BCUT2D eigenvalue weighted by Crippen LogP contribution is 2.35. The minimum absolute atomic E-state index is 0.0466. The molecular weight excluding hydrogens is 506 g/mol. The second-order valence-corrected chi connectivity index (χ2v) is 9.24. The topological polar surface area (TPSA) is 130 Å². The van der Waals surface area contributed by atoms with Gasteiger partial charge in [-0.3, -0.25) is 9.59 Å². The third-order valence-corrected chi connectivity index (χ3v) is 6.70. The van der Waals surface area contributed by atoms with Gasteiger partial charge < -0.3 is 26.6 Å². The highest BCUT2D eigenvalue weighted by molar-refractivity contribution is 6.31. The van der Waals surface area contributed by atoms with Gasteiger partial charge in [0.25, 0.3) is 0 Å². The first-order valence-electron chi connectivity index (χ1n) is 11.2. The number of amides is 2. The Morgan fingerprint density at radius 3 is 2.61 bits per heavy atom. The Labute approximate surface area is 208 Å². The van der Waals surface area contributed by atoms with E-state index in [1.54, 1.807) is 4.90 Å². The number of carbonyl (C=O) groups excluding carboxylic acids is 2. The molecule has 2 aromatic rings. The lowest BCUT2D eigenvalue weighted by atomic mass is 9.87. The van der Waals surface area contributed by atoms with Gasteiger partial charge in [-0.2, -0.15) is 17.6 Å². The van der Waals surface area contributed by atoms with Crippen LogP contribution in [0, 0.1) is 11.7 Å². The lowest BCUT2D eigenvalue weighted by Gasteiger charge is -2.46. The molecule has 0 unspecified atom stereocenters. The summed E-state index contributed by atoms with van der Waals surface area (Å²) in [7, 11) is 0. The average Bonchev–Trinajstić information content (AvgIpc) is 2.81. The normalized spacial score (nSPS) is 23.0. The Kier molecular flexibility index (Phi) is 7.12. The van der Waals surface area contributed by atoms with Crippen molar-refractivity contribution in [3.05, 3.63) is 40.9 Å². The smallest absolute Gasteiger partial charge is 0.381 e. The molecular formula is C22H24ClF4N7O2. The maximum Gasteiger partial charge on any atom is 0.416 e. The predicted molar refractivity (Wildman–Crippen MR) is 125 cm³/mol. The summed E-state index contributed by atoms with van der Waals surface area (Å²) in [6.07, 6.45) is -2.36. The first kappa shape index (κ1) is 25.7. The van der Waals surface area contributed by atoms with E-state index in [0.717, 1.165) is 18.5 Å². The molecule has 5 N–H and O–H groups in total. The monoisotopic (exact) mass is 529 g/mol. The lowest BCUT2D eigenvalue weighted by molar-refractivity contribution is -0.140. The second-order valence-electron chi connectivity index (χ2n) is 8.80. The van der Waals surface area contributed by atoms with E-state index in [4.69, 9.17) is 23.1 Å². The molecule has 0 radical (unpaired) electrons. The summed E-state index contributed by atoms with van der Waals surface area (Å²) in [4.78, 5) is 36.3. The molecule has 3 heterocycles. The molecule has 194 valence electrons. The molecule has 4 rings (SSSR count). The fraction of sp³-hybridized carbons (Fsp3) is 0.455. The Hall–Kier alpha value is -3.35. The number of halogens is 5. The van der Waals surface area contributed by atoms with Gasteiger partial charge >= 0.3 is 6.18 Å². The molecule has 2 aliphatic rings. The van der Waals surface area contributed by atoms with Crippen LogP contribution in [0.15, 0.2) is 24.5 Å². The number of anilines is 3. The van der Waals surface area contributed by atoms with Crippen LogP contribution >= 0.6 is 11.6 Å². The summed E-state index contributed by atoms with van der Waals surface area (Å²) in [6.45, 7) is 0.621. The zero-order valence-electron chi connectivity index (χ0n) is 18.9. The minimum atomic E-state index is -4.61. The van der Waals surface area contributed by atoms with E-state index < -0.39 is 47.4 Å². The van der Waals surface area contributed by atoms with Crippen molar-refractivity contribution < 1.29 is 27.2 Å². The number of rotatable bonds is 5. The van der Waals surface area contributed by atoms with Crippen molar-refractivity contribution in [1.82, 2.24) is 14.9 Å². The minimum Gasteiger partial charge on any atom is -0.381 e. The third kappa shape index (κ3) is 5.25. The van der Waals surface area contributed by atoms with E-state index in [9.17, 15) is 27.2 Å². The van der Waals surface area contributed by atoms with Gasteiger partial charge in [-0.05, 0) is 37.5 Å². The highest BCUT2D eigenvalue weighted by atomic mass is 35.5. The van der Waals surface area contributed by atoms with Crippen LogP contribution in [-0.2, 0) is 15.8 Å². The summed E-state index contributed by atoms with van der Waals surface area (Å²) in [5.74, 6) is -2.89. The number of nitrogens with two attached hydrogens (primary N) is 2. The fourth-order valence-electron chi connectivity index (χ4n) is 4.77. The number of aromatic nitrogens is 2. The number of primary amides is 1. The number of nitrogens with one attached hydrogen (secondary N) is 1. The summed E-state index contributed by atoms with van der Waals surface area (Å²) < 4.78 is 54.2. The largest absolute Gasteiger partial charge is 0.416 e. The molecule has 0 bridgehead atoms. The van der Waals surface area contributed by atoms with E-state index >= 15 is 0 Å². The third-order valence-electron chi connectivity index (χ3n) is 6.48. The van der Waals surface area contributed by atoms with Crippen molar-refractivity contribution in [1.29, 1.82) is 0 Å². The molecule has 0 aliphatic carbocycles. The van der Waals surface area contributed by atoms with Crippen molar-refractivity contribution >= 4 is 40.7 Å². The Balaban J connectivity index is 1.57. The molecule has 3 atom stereocenters. The number of hydrogen-bond donors (Lipinski definition) is 3. The molecule has 2 aliphatic heterocycles. The molecule has 1 aromatic heterocycles. The summed E-state index contributed by atoms with van der Waals surface area (Å²) >= 11 is 5.87. The van der Waals surface area contributed by atoms with E-state index in [2.05, 4.69) is 15.3 Å². The number of benzene rings is 1. The van der Waals surface area contributed by atoms with Crippen LogP contribution in [0.4, 0.5) is 34.9 Å². The molecule has 2 saturated heterocycles. The zero-order valence-corrected chi connectivity index (χ0v) is 19.7. The maximum absolute atomic E-state index is 14.6.